The Labute approximate surface area is 124 Å². The highest BCUT2D eigenvalue weighted by Crippen LogP contribution is 2.21. The number of furan rings is 1. The molecule has 2 aromatic heterocycles. The average Bonchev–Trinajstić information content (AvgIpc) is 3.19. The van der Waals surface area contributed by atoms with Crippen molar-refractivity contribution < 1.29 is 18.4 Å². The monoisotopic (exact) mass is 300 g/mol. The van der Waals surface area contributed by atoms with Crippen molar-refractivity contribution in [3.63, 3.8) is 0 Å². The summed E-state index contributed by atoms with van der Waals surface area (Å²) in [7, 11) is 1.25. The summed E-state index contributed by atoms with van der Waals surface area (Å²) in [5.74, 6) is -1.09. The van der Waals surface area contributed by atoms with E-state index in [0.717, 1.165) is 4.68 Å². The van der Waals surface area contributed by atoms with Gasteiger partial charge in [-0.05, 0) is 17.7 Å². The molecule has 0 saturated carbocycles. The maximum Gasteiger partial charge on any atom is 0.438 e. The molecule has 0 aliphatic heterocycles. The van der Waals surface area contributed by atoms with Crippen molar-refractivity contribution in [2.24, 2.45) is 0 Å². The third kappa shape index (κ3) is 2.44. The van der Waals surface area contributed by atoms with Crippen LogP contribution in [0.1, 0.15) is 11.6 Å². The van der Waals surface area contributed by atoms with Gasteiger partial charge >= 0.3 is 11.7 Å². The van der Waals surface area contributed by atoms with Crippen LogP contribution in [0.5, 0.6) is 0 Å². The number of hydrogen-bond donors (Lipinski definition) is 0. The molecule has 0 N–H and O–H groups in total. The van der Waals surface area contributed by atoms with Gasteiger partial charge in [0.15, 0.2) is 11.8 Å². The highest BCUT2D eigenvalue weighted by Gasteiger charge is 2.28. The second-order valence-corrected chi connectivity index (χ2v) is 4.43. The topological polar surface area (TPSA) is 87.5 Å². The lowest BCUT2D eigenvalue weighted by molar-refractivity contribution is -0.143. The van der Waals surface area contributed by atoms with Crippen molar-refractivity contribution in [2.75, 3.05) is 7.11 Å². The first-order valence-corrected chi connectivity index (χ1v) is 6.47. The van der Waals surface area contributed by atoms with Crippen molar-refractivity contribution >= 4 is 5.97 Å². The fraction of sp³-hybridized carbons (Fsp3) is 0.133. The van der Waals surface area contributed by atoms with Crippen LogP contribution < -0.4 is 5.76 Å². The Morgan fingerprint density at radius 2 is 2.00 bits per heavy atom. The quantitative estimate of drug-likeness (QED) is 0.683. The molecule has 0 fully saturated rings. The van der Waals surface area contributed by atoms with E-state index in [1.165, 1.54) is 13.4 Å². The third-order valence-corrected chi connectivity index (χ3v) is 3.09. The van der Waals surface area contributed by atoms with Crippen molar-refractivity contribution in [2.45, 2.75) is 6.04 Å². The number of esters is 1. The standard InChI is InChI=1S/C15H12N2O5/c1-20-14(18)12(10-6-3-2-4-7-10)17-15(19)22-13(16-17)11-8-5-9-21-11/h2-9,12H,1H3. The van der Waals surface area contributed by atoms with Crippen molar-refractivity contribution in [3.05, 3.63) is 64.8 Å². The summed E-state index contributed by atoms with van der Waals surface area (Å²) in [4.78, 5) is 24.1. The number of ether oxygens (including phenoxy) is 1. The molecule has 1 atom stereocenters. The maximum absolute atomic E-state index is 12.1. The zero-order chi connectivity index (χ0) is 15.5. The number of hydrogen-bond acceptors (Lipinski definition) is 6. The lowest BCUT2D eigenvalue weighted by atomic mass is 10.1. The molecule has 0 saturated heterocycles. The first-order chi connectivity index (χ1) is 10.7. The van der Waals surface area contributed by atoms with Gasteiger partial charge < -0.3 is 13.6 Å². The van der Waals surface area contributed by atoms with Crippen molar-refractivity contribution in [3.8, 4) is 11.7 Å². The van der Waals surface area contributed by atoms with E-state index in [9.17, 15) is 9.59 Å². The summed E-state index contributed by atoms with van der Waals surface area (Å²) in [5.41, 5.74) is 0.566. The van der Waals surface area contributed by atoms with Gasteiger partial charge in [-0.1, -0.05) is 30.3 Å². The SMILES string of the molecule is COC(=O)C(c1ccccc1)n1nc(-c2ccco2)oc1=O. The summed E-state index contributed by atoms with van der Waals surface area (Å²) >= 11 is 0. The lowest BCUT2D eigenvalue weighted by Gasteiger charge is -2.13. The van der Waals surface area contributed by atoms with Crippen LogP contribution in [0.3, 0.4) is 0 Å². The summed E-state index contributed by atoms with van der Waals surface area (Å²) in [6.45, 7) is 0. The highest BCUT2D eigenvalue weighted by atomic mass is 16.5. The van der Waals surface area contributed by atoms with Crippen LogP contribution >= 0.6 is 0 Å². The Morgan fingerprint density at radius 1 is 1.23 bits per heavy atom. The van der Waals surface area contributed by atoms with Crippen molar-refractivity contribution in [1.82, 2.24) is 9.78 Å². The predicted molar refractivity (Wildman–Crippen MR) is 75.1 cm³/mol. The fourth-order valence-electron chi connectivity index (χ4n) is 2.08. The third-order valence-electron chi connectivity index (χ3n) is 3.09. The van der Waals surface area contributed by atoms with E-state index >= 15 is 0 Å². The second-order valence-electron chi connectivity index (χ2n) is 4.43. The normalized spacial score (nSPS) is 12.0. The van der Waals surface area contributed by atoms with E-state index in [-0.39, 0.29) is 5.89 Å². The Kier molecular flexibility index (Phi) is 3.61. The molecular formula is C15H12N2O5. The fourth-order valence-corrected chi connectivity index (χ4v) is 2.08. The van der Waals surface area contributed by atoms with Gasteiger partial charge in [-0.15, -0.1) is 5.10 Å². The highest BCUT2D eigenvalue weighted by molar-refractivity contribution is 5.77. The van der Waals surface area contributed by atoms with E-state index in [2.05, 4.69) is 5.10 Å². The van der Waals surface area contributed by atoms with Crippen molar-refractivity contribution in [1.29, 1.82) is 0 Å². The van der Waals surface area contributed by atoms with Gasteiger partial charge in [-0.2, -0.15) is 4.68 Å². The van der Waals surface area contributed by atoms with E-state index in [0.29, 0.717) is 11.3 Å². The molecule has 1 aromatic carbocycles. The molecule has 1 unspecified atom stereocenters. The van der Waals surface area contributed by atoms with Gasteiger partial charge in [0.05, 0.1) is 13.4 Å². The number of methoxy groups -OCH3 is 1. The molecule has 3 aromatic rings. The van der Waals surface area contributed by atoms with Gasteiger partial charge in [-0.25, -0.2) is 9.59 Å². The molecule has 2 heterocycles. The molecule has 0 amide bonds. The Balaban J connectivity index is 2.09. The zero-order valence-electron chi connectivity index (χ0n) is 11.6. The molecule has 112 valence electrons. The first-order valence-electron chi connectivity index (χ1n) is 6.47. The largest absolute Gasteiger partial charge is 0.467 e. The van der Waals surface area contributed by atoms with Gasteiger partial charge in [-0.3, -0.25) is 0 Å². The van der Waals surface area contributed by atoms with Crippen LogP contribution in [0, 0.1) is 0 Å². The molecule has 0 radical (unpaired) electrons. The van der Waals surface area contributed by atoms with E-state index < -0.39 is 17.8 Å². The number of carbonyl (C=O) groups is 1. The molecule has 0 aliphatic rings. The lowest BCUT2D eigenvalue weighted by Crippen LogP contribution is -2.30. The average molecular weight is 300 g/mol. The van der Waals surface area contributed by atoms with Gasteiger partial charge in [0, 0.05) is 0 Å². The molecule has 7 nitrogen and oxygen atoms in total. The van der Waals surface area contributed by atoms with Gasteiger partial charge in [0.2, 0.25) is 0 Å². The summed E-state index contributed by atoms with van der Waals surface area (Å²) < 4.78 is 15.9. The minimum atomic E-state index is -1.02. The van der Waals surface area contributed by atoms with Crippen LogP contribution in [0.4, 0.5) is 0 Å². The molecule has 3 rings (SSSR count). The maximum atomic E-state index is 12.1. The molecule has 0 bridgehead atoms. The Morgan fingerprint density at radius 3 is 2.64 bits per heavy atom. The van der Waals surface area contributed by atoms with Crippen LogP contribution in [0.25, 0.3) is 11.7 Å². The smallest absolute Gasteiger partial charge is 0.438 e. The van der Waals surface area contributed by atoms with Crippen LogP contribution in [0.2, 0.25) is 0 Å². The molecular weight excluding hydrogens is 288 g/mol. The summed E-state index contributed by atoms with van der Waals surface area (Å²) in [6, 6.07) is 10.9. The minimum absolute atomic E-state index is 0.000154. The molecule has 0 spiro atoms. The van der Waals surface area contributed by atoms with Crippen LogP contribution in [-0.2, 0) is 9.53 Å². The molecule has 22 heavy (non-hydrogen) atoms. The molecule has 7 heteroatoms. The zero-order valence-corrected chi connectivity index (χ0v) is 11.6. The van der Waals surface area contributed by atoms with Gasteiger partial charge in [0.1, 0.15) is 0 Å². The van der Waals surface area contributed by atoms with Crippen LogP contribution in [-0.4, -0.2) is 22.9 Å². The minimum Gasteiger partial charge on any atom is -0.467 e. The van der Waals surface area contributed by atoms with Gasteiger partial charge in [0.25, 0.3) is 5.89 Å². The number of aromatic nitrogens is 2. The number of nitrogens with zero attached hydrogens (tertiary/aromatic N) is 2. The summed E-state index contributed by atoms with van der Waals surface area (Å²) in [6.07, 6.45) is 1.43. The Bertz CT molecular complexity index is 817. The van der Waals surface area contributed by atoms with E-state index in [1.807, 2.05) is 0 Å². The predicted octanol–water partition coefficient (Wildman–Crippen LogP) is 1.86. The number of benzene rings is 1. The number of rotatable bonds is 4. The van der Waals surface area contributed by atoms with E-state index in [4.69, 9.17) is 13.6 Å². The van der Waals surface area contributed by atoms with Crippen LogP contribution in [0.15, 0.2) is 62.4 Å². The summed E-state index contributed by atoms with van der Waals surface area (Å²) in [5, 5.41) is 4.04. The van der Waals surface area contributed by atoms with E-state index in [1.54, 1.807) is 42.5 Å². The molecule has 0 aliphatic carbocycles. The first kappa shape index (κ1) is 13.9. The second kappa shape index (κ2) is 5.72. The Hall–Kier alpha value is -3.09. The number of carbonyl (C=O) groups excluding carboxylic acids is 1.